The Kier molecular flexibility index (Phi) is 2.41. The molecule has 12 heavy (non-hydrogen) atoms. The summed E-state index contributed by atoms with van der Waals surface area (Å²) >= 11 is 0. The number of aliphatic hydroxyl groups is 1. The fourth-order valence-corrected chi connectivity index (χ4v) is 5.36. The van der Waals surface area contributed by atoms with Crippen molar-refractivity contribution in [2.75, 3.05) is 11.5 Å². The van der Waals surface area contributed by atoms with Crippen molar-refractivity contribution < 1.29 is 21.9 Å². The maximum atomic E-state index is 10.8. The van der Waals surface area contributed by atoms with E-state index in [0.717, 1.165) is 0 Å². The van der Waals surface area contributed by atoms with Crippen molar-refractivity contribution in [2.45, 2.75) is 11.4 Å². The van der Waals surface area contributed by atoms with Gasteiger partial charge in [0, 0.05) is 10.7 Å². The summed E-state index contributed by atoms with van der Waals surface area (Å²) in [6.45, 7) is 0. The SMILES string of the molecule is O=S1(=O)C[C@@H](O)[C@H](S(=O)(=O)Cl)C1. The topological polar surface area (TPSA) is 88.5 Å². The summed E-state index contributed by atoms with van der Waals surface area (Å²) in [6, 6.07) is 0. The molecular weight excluding hydrogens is 228 g/mol. The standard InChI is InChI=1S/C4H7ClO5S2/c5-12(9,10)4-2-11(7,8)1-3(4)6/h3-4,6H,1-2H2/t3-,4-/m1/s1. The summed E-state index contributed by atoms with van der Waals surface area (Å²) in [4.78, 5) is 0. The molecule has 72 valence electrons. The Morgan fingerprint density at radius 3 is 2.00 bits per heavy atom. The van der Waals surface area contributed by atoms with E-state index in [4.69, 9.17) is 15.8 Å². The smallest absolute Gasteiger partial charge is 0.239 e. The summed E-state index contributed by atoms with van der Waals surface area (Å²) in [5, 5.41) is 7.65. The molecule has 5 nitrogen and oxygen atoms in total. The van der Waals surface area contributed by atoms with Crippen molar-refractivity contribution in [1.82, 2.24) is 0 Å². The van der Waals surface area contributed by atoms with Crippen LogP contribution in [0.25, 0.3) is 0 Å². The Morgan fingerprint density at radius 2 is 1.83 bits per heavy atom. The van der Waals surface area contributed by atoms with Crippen molar-refractivity contribution in [2.24, 2.45) is 0 Å². The van der Waals surface area contributed by atoms with Gasteiger partial charge >= 0.3 is 0 Å². The molecule has 0 amide bonds. The van der Waals surface area contributed by atoms with Crippen LogP contribution in [0.5, 0.6) is 0 Å². The number of sulfone groups is 1. The minimum Gasteiger partial charge on any atom is -0.391 e. The van der Waals surface area contributed by atoms with E-state index in [1.54, 1.807) is 0 Å². The van der Waals surface area contributed by atoms with Crippen LogP contribution < -0.4 is 0 Å². The first-order valence-electron chi connectivity index (χ1n) is 3.04. The highest BCUT2D eigenvalue weighted by Gasteiger charge is 2.43. The number of hydrogen-bond donors (Lipinski definition) is 1. The molecule has 0 spiro atoms. The van der Waals surface area contributed by atoms with Crippen LogP contribution in [0.2, 0.25) is 0 Å². The van der Waals surface area contributed by atoms with Crippen molar-refractivity contribution in [3.63, 3.8) is 0 Å². The summed E-state index contributed by atoms with van der Waals surface area (Å²) in [7, 11) is -2.51. The minimum absolute atomic E-state index is 0.524. The van der Waals surface area contributed by atoms with E-state index in [1.165, 1.54) is 0 Å². The first kappa shape index (κ1) is 10.2. The highest BCUT2D eigenvalue weighted by Crippen LogP contribution is 2.22. The summed E-state index contributed by atoms with van der Waals surface area (Å²) in [5.74, 6) is -1.11. The van der Waals surface area contributed by atoms with Crippen LogP contribution in [0.15, 0.2) is 0 Å². The van der Waals surface area contributed by atoms with Gasteiger partial charge in [0.1, 0.15) is 5.25 Å². The zero-order valence-electron chi connectivity index (χ0n) is 5.84. The van der Waals surface area contributed by atoms with Gasteiger partial charge in [-0.3, -0.25) is 0 Å². The summed E-state index contributed by atoms with van der Waals surface area (Å²) < 4.78 is 43.0. The fourth-order valence-electron chi connectivity index (χ4n) is 1.07. The van der Waals surface area contributed by atoms with Gasteiger partial charge in [0.25, 0.3) is 0 Å². The highest BCUT2D eigenvalue weighted by molar-refractivity contribution is 8.15. The predicted octanol–water partition coefficient (Wildman–Crippen LogP) is -1.29. The van der Waals surface area contributed by atoms with Crippen molar-refractivity contribution in [3.8, 4) is 0 Å². The second kappa shape index (κ2) is 2.83. The maximum Gasteiger partial charge on any atom is 0.239 e. The van der Waals surface area contributed by atoms with Crippen molar-refractivity contribution in [1.29, 1.82) is 0 Å². The van der Waals surface area contributed by atoms with Crippen LogP contribution in [0.4, 0.5) is 0 Å². The molecule has 1 aliphatic heterocycles. The zero-order chi connectivity index (χ0) is 9.57. The molecule has 0 aromatic carbocycles. The fraction of sp³-hybridized carbons (Fsp3) is 1.00. The third-order valence-corrected chi connectivity index (χ3v) is 5.45. The average molecular weight is 235 g/mol. The monoisotopic (exact) mass is 234 g/mol. The second-order valence-electron chi connectivity index (χ2n) is 2.66. The molecule has 0 bridgehead atoms. The largest absolute Gasteiger partial charge is 0.391 e. The minimum atomic E-state index is -3.98. The van der Waals surface area contributed by atoms with Gasteiger partial charge in [-0.1, -0.05) is 0 Å². The molecule has 2 atom stereocenters. The third-order valence-electron chi connectivity index (χ3n) is 1.63. The third kappa shape index (κ3) is 2.09. The second-order valence-corrected chi connectivity index (χ2v) is 7.66. The summed E-state index contributed by atoms with van der Waals surface area (Å²) in [5.41, 5.74) is 0. The number of aliphatic hydroxyl groups excluding tert-OH is 1. The maximum absolute atomic E-state index is 10.8. The number of hydrogen-bond acceptors (Lipinski definition) is 5. The van der Waals surface area contributed by atoms with Gasteiger partial charge in [-0.15, -0.1) is 0 Å². The zero-order valence-corrected chi connectivity index (χ0v) is 8.23. The van der Waals surface area contributed by atoms with E-state index in [1.807, 2.05) is 0 Å². The predicted molar refractivity (Wildman–Crippen MR) is 43.2 cm³/mol. The van der Waals surface area contributed by atoms with Gasteiger partial charge in [-0.05, 0) is 0 Å². The van der Waals surface area contributed by atoms with E-state index >= 15 is 0 Å². The molecule has 1 aliphatic rings. The molecule has 0 radical (unpaired) electrons. The van der Waals surface area contributed by atoms with Gasteiger partial charge in [-0.2, -0.15) is 0 Å². The molecule has 1 heterocycles. The van der Waals surface area contributed by atoms with E-state index in [-0.39, 0.29) is 0 Å². The van der Waals surface area contributed by atoms with Crippen molar-refractivity contribution >= 4 is 29.6 Å². The Labute approximate surface area is 74.7 Å². The molecule has 1 saturated heterocycles. The lowest BCUT2D eigenvalue weighted by Crippen LogP contribution is -2.29. The lowest BCUT2D eigenvalue weighted by atomic mass is 10.3. The lowest BCUT2D eigenvalue weighted by Gasteiger charge is -2.06. The first-order chi connectivity index (χ1) is 5.22. The molecule has 0 saturated carbocycles. The van der Waals surface area contributed by atoms with E-state index < -0.39 is 41.7 Å². The normalized spacial score (nSPS) is 35.2. The lowest BCUT2D eigenvalue weighted by molar-refractivity contribution is 0.205. The Bertz CT molecular complexity index is 368. The van der Waals surface area contributed by atoms with Crippen LogP contribution in [0.1, 0.15) is 0 Å². The highest BCUT2D eigenvalue weighted by atomic mass is 35.7. The van der Waals surface area contributed by atoms with E-state index in [0.29, 0.717) is 0 Å². The Morgan fingerprint density at radius 1 is 1.33 bits per heavy atom. The molecule has 1 fully saturated rings. The van der Waals surface area contributed by atoms with Crippen LogP contribution in [0.3, 0.4) is 0 Å². The average Bonchev–Trinajstić information content (AvgIpc) is 2.03. The van der Waals surface area contributed by atoms with E-state index in [2.05, 4.69) is 0 Å². The quantitative estimate of drug-likeness (QED) is 0.571. The molecule has 0 aliphatic carbocycles. The van der Waals surface area contributed by atoms with Gasteiger partial charge in [-0.25, -0.2) is 16.8 Å². The molecule has 8 heteroatoms. The van der Waals surface area contributed by atoms with Gasteiger partial charge < -0.3 is 5.11 Å². The van der Waals surface area contributed by atoms with Gasteiger partial charge in [0.05, 0.1) is 17.6 Å². The number of rotatable bonds is 1. The Balaban J connectivity index is 3.01. The number of halogens is 1. The first-order valence-corrected chi connectivity index (χ1v) is 7.24. The van der Waals surface area contributed by atoms with E-state index in [9.17, 15) is 16.8 Å². The molecular formula is C4H7ClO5S2. The van der Waals surface area contributed by atoms with Gasteiger partial charge in [0.2, 0.25) is 9.05 Å². The Hall–Kier alpha value is 0.150. The van der Waals surface area contributed by atoms with Crippen LogP contribution in [0, 0.1) is 0 Å². The molecule has 1 N–H and O–H groups in total. The molecule has 0 aromatic heterocycles. The van der Waals surface area contributed by atoms with Crippen LogP contribution in [-0.2, 0) is 18.9 Å². The molecule has 1 rings (SSSR count). The van der Waals surface area contributed by atoms with Gasteiger partial charge in [0.15, 0.2) is 9.84 Å². The van der Waals surface area contributed by atoms with Crippen LogP contribution in [-0.4, -0.2) is 44.8 Å². The molecule has 0 aromatic rings. The summed E-state index contributed by atoms with van der Waals surface area (Å²) in [6.07, 6.45) is -1.39. The van der Waals surface area contributed by atoms with Crippen LogP contribution >= 0.6 is 10.7 Å². The van der Waals surface area contributed by atoms with Crippen molar-refractivity contribution in [3.05, 3.63) is 0 Å². The molecule has 0 unspecified atom stereocenters.